The van der Waals surface area contributed by atoms with Crippen molar-refractivity contribution in [2.75, 3.05) is 11.9 Å². The number of nitrogens with one attached hydrogen (secondary N) is 1. The molecule has 94 valence electrons. The summed E-state index contributed by atoms with van der Waals surface area (Å²) in [5.41, 5.74) is 7.35. The van der Waals surface area contributed by atoms with Gasteiger partial charge < -0.3 is 16.2 Å². The molecule has 4 nitrogen and oxygen atoms in total. The Balaban J connectivity index is 2.65. The molecule has 0 aliphatic carbocycles. The van der Waals surface area contributed by atoms with E-state index in [1.165, 1.54) is 5.56 Å². The molecule has 1 amide bonds. The molecule has 0 bridgehead atoms. The third-order valence-electron chi connectivity index (χ3n) is 2.89. The summed E-state index contributed by atoms with van der Waals surface area (Å²) in [5.74, 6) is 0.142. The zero-order valence-corrected chi connectivity index (χ0v) is 10.3. The predicted octanol–water partition coefficient (Wildman–Crippen LogP) is 1.46. The number of benzene rings is 1. The number of hydrogen-bond donors (Lipinski definition) is 3. The molecule has 1 aromatic carbocycles. The van der Waals surface area contributed by atoms with Crippen LogP contribution in [0.25, 0.3) is 0 Å². The second-order valence-electron chi connectivity index (χ2n) is 4.21. The first-order valence-corrected chi connectivity index (χ1v) is 5.85. The highest BCUT2D eigenvalue weighted by Gasteiger charge is 2.12. The highest BCUT2D eigenvalue weighted by atomic mass is 16.3. The Bertz CT molecular complexity index is 362. The lowest BCUT2D eigenvalue weighted by Gasteiger charge is -2.12. The van der Waals surface area contributed by atoms with E-state index in [9.17, 15) is 4.79 Å². The van der Waals surface area contributed by atoms with Crippen molar-refractivity contribution < 1.29 is 9.90 Å². The molecule has 17 heavy (non-hydrogen) atoms. The van der Waals surface area contributed by atoms with Crippen molar-refractivity contribution in [1.82, 2.24) is 0 Å². The number of anilines is 1. The molecule has 0 saturated carbocycles. The second kappa shape index (κ2) is 6.37. The van der Waals surface area contributed by atoms with E-state index >= 15 is 0 Å². The van der Waals surface area contributed by atoms with Crippen LogP contribution < -0.4 is 11.1 Å². The molecule has 0 aromatic heterocycles. The van der Waals surface area contributed by atoms with Crippen LogP contribution >= 0.6 is 0 Å². The first-order valence-electron chi connectivity index (χ1n) is 5.85. The fraction of sp³-hybridized carbons (Fsp3) is 0.462. The molecule has 2 atom stereocenters. The van der Waals surface area contributed by atoms with E-state index in [-0.39, 0.29) is 12.5 Å². The highest BCUT2D eigenvalue weighted by Crippen LogP contribution is 2.20. The fourth-order valence-electron chi connectivity index (χ4n) is 1.45. The minimum atomic E-state index is -0.871. The number of rotatable bonds is 5. The minimum Gasteiger partial charge on any atom is -0.394 e. The average Bonchev–Trinajstić information content (AvgIpc) is 2.37. The molecule has 0 aliphatic heterocycles. The van der Waals surface area contributed by atoms with Crippen LogP contribution in [0.4, 0.5) is 5.69 Å². The predicted molar refractivity (Wildman–Crippen MR) is 68.8 cm³/mol. The van der Waals surface area contributed by atoms with Crippen LogP contribution in [-0.2, 0) is 4.79 Å². The van der Waals surface area contributed by atoms with Gasteiger partial charge in [-0.05, 0) is 30.0 Å². The summed E-state index contributed by atoms with van der Waals surface area (Å²) < 4.78 is 0. The summed E-state index contributed by atoms with van der Waals surface area (Å²) >= 11 is 0. The molecule has 0 fully saturated rings. The number of aliphatic hydroxyl groups excluding tert-OH is 1. The standard InChI is InChI=1S/C13H20N2O2/c1-3-9(2)10-4-6-11(7-5-10)15-13(17)12(14)8-16/h4-7,9,12,16H,3,8,14H2,1-2H3,(H,15,17). The normalized spacial score (nSPS) is 14.1. The maximum Gasteiger partial charge on any atom is 0.243 e. The highest BCUT2D eigenvalue weighted by molar-refractivity contribution is 5.94. The summed E-state index contributed by atoms with van der Waals surface area (Å²) in [5, 5.41) is 11.4. The van der Waals surface area contributed by atoms with E-state index in [1.807, 2.05) is 24.3 Å². The zero-order valence-electron chi connectivity index (χ0n) is 10.3. The summed E-state index contributed by atoms with van der Waals surface area (Å²) in [6.07, 6.45) is 1.08. The van der Waals surface area contributed by atoms with Gasteiger partial charge in [0.15, 0.2) is 0 Å². The number of hydrogen-bond acceptors (Lipinski definition) is 3. The lowest BCUT2D eigenvalue weighted by Crippen LogP contribution is -2.38. The Labute approximate surface area is 102 Å². The first-order chi connectivity index (χ1) is 8.08. The molecule has 0 spiro atoms. The van der Waals surface area contributed by atoms with Crippen molar-refractivity contribution in [3.8, 4) is 0 Å². The van der Waals surface area contributed by atoms with Gasteiger partial charge in [-0.3, -0.25) is 4.79 Å². The number of nitrogens with two attached hydrogens (primary N) is 1. The van der Waals surface area contributed by atoms with Crippen molar-refractivity contribution in [2.45, 2.75) is 32.2 Å². The van der Waals surface area contributed by atoms with Crippen molar-refractivity contribution in [1.29, 1.82) is 0 Å². The quantitative estimate of drug-likeness (QED) is 0.724. The Hall–Kier alpha value is -1.39. The minimum absolute atomic E-state index is 0.350. The van der Waals surface area contributed by atoms with Gasteiger partial charge in [0.2, 0.25) is 5.91 Å². The van der Waals surface area contributed by atoms with E-state index in [2.05, 4.69) is 19.2 Å². The largest absolute Gasteiger partial charge is 0.394 e. The fourth-order valence-corrected chi connectivity index (χ4v) is 1.45. The van der Waals surface area contributed by atoms with Crippen LogP contribution in [0.5, 0.6) is 0 Å². The number of amides is 1. The Kier molecular flexibility index (Phi) is 5.12. The molecule has 4 heteroatoms. The number of aliphatic hydroxyl groups is 1. The van der Waals surface area contributed by atoms with Gasteiger partial charge >= 0.3 is 0 Å². The smallest absolute Gasteiger partial charge is 0.243 e. The third-order valence-corrected chi connectivity index (χ3v) is 2.89. The lowest BCUT2D eigenvalue weighted by atomic mass is 9.99. The maximum atomic E-state index is 11.4. The molecule has 0 aliphatic rings. The van der Waals surface area contributed by atoms with E-state index in [4.69, 9.17) is 10.8 Å². The number of carbonyl (C=O) groups is 1. The van der Waals surface area contributed by atoms with Crippen LogP contribution in [0.3, 0.4) is 0 Å². The molecular weight excluding hydrogens is 216 g/mol. The SMILES string of the molecule is CCC(C)c1ccc(NC(=O)C(N)CO)cc1. The van der Waals surface area contributed by atoms with Crippen molar-refractivity contribution in [3.05, 3.63) is 29.8 Å². The molecule has 0 saturated heterocycles. The Morgan fingerprint density at radius 1 is 1.41 bits per heavy atom. The lowest BCUT2D eigenvalue weighted by molar-refractivity contribution is -0.118. The van der Waals surface area contributed by atoms with Gasteiger partial charge in [0.05, 0.1) is 6.61 Å². The molecule has 0 radical (unpaired) electrons. The molecular formula is C13H20N2O2. The van der Waals surface area contributed by atoms with E-state index < -0.39 is 6.04 Å². The van der Waals surface area contributed by atoms with Crippen molar-refractivity contribution >= 4 is 11.6 Å². The molecule has 1 aromatic rings. The first kappa shape index (κ1) is 13.7. The van der Waals surface area contributed by atoms with Gasteiger partial charge in [-0.15, -0.1) is 0 Å². The van der Waals surface area contributed by atoms with Crippen molar-refractivity contribution in [2.24, 2.45) is 5.73 Å². The number of carbonyl (C=O) groups excluding carboxylic acids is 1. The monoisotopic (exact) mass is 236 g/mol. The summed E-state index contributed by atoms with van der Waals surface area (Å²) in [7, 11) is 0. The van der Waals surface area contributed by atoms with Crippen LogP contribution in [0.1, 0.15) is 31.7 Å². The Morgan fingerprint density at radius 2 is 2.00 bits per heavy atom. The van der Waals surface area contributed by atoms with Crippen molar-refractivity contribution in [3.63, 3.8) is 0 Å². The van der Waals surface area contributed by atoms with Gasteiger partial charge in [0.1, 0.15) is 6.04 Å². The van der Waals surface area contributed by atoms with Gasteiger partial charge in [0, 0.05) is 5.69 Å². The summed E-state index contributed by atoms with van der Waals surface area (Å²) in [6, 6.07) is 6.82. The summed E-state index contributed by atoms with van der Waals surface area (Å²) in [4.78, 5) is 11.4. The van der Waals surface area contributed by atoms with E-state index in [0.717, 1.165) is 6.42 Å². The molecule has 0 heterocycles. The van der Waals surface area contributed by atoms with Gasteiger partial charge in [-0.1, -0.05) is 26.0 Å². The van der Waals surface area contributed by atoms with Crippen LogP contribution in [0.2, 0.25) is 0 Å². The van der Waals surface area contributed by atoms with Gasteiger partial charge in [-0.25, -0.2) is 0 Å². The maximum absolute atomic E-state index is 11.4. The van der Waals surface area contributed by atoms with Gasteiger partial charge in [-0.2, -0.15) is 0 Å². The average molecular weight is 236 g/mol. The van der Waals surface area contributed by atoms with Crippen LogP contribution in [0, 0.1) is 0 Å². The summed E-state index contributed by atoms with van der Waals surface area (Å²) in [6.45, 7) is 3.95. The Morgan fingerprint density at radius 3 is 2.47 bits per heavy atom. The van der Waals surface area contributed by atoms with E-state index in [0.29, 0.717) is 11.6 Å². The van der Waals surface area contributed by atoms with Gasteiger partial charge in [0.25, 0.3) is 0 Å². The van der Waals surface area contributed by atoms with Crippen LogP contribution in [-0.4, -0.2) is 23.7 Å². The van der Waals surface area contributed by atoms with Crippen LogP contribution in [0.15, 0.2) is 24.3 Å². The third kappa shape index (κ3) is 3.84. The topological polar surface area (TPSA) is 75.4 Å². The van der Waals surface area contributed by atoms with E-state index in [1.54, 1.807) is 0 Å². The zero-order chi connectivity index (χ0) is 12.8. The molecule has 1 rings (SSSR count). The molecule has 4 N–H and O–H groups in total. The second-order valence-corrected chi connectivity index (χ2v) is 4.21. The molecule has 2 unspecified atom stereocenters.